The molecule has 6 heteroatoms. The molecule has 1 aliphatic heterocycles. The fourth-order valence-corrected chi connectivity index (χ4v) is 3.55. The number of amides is 1. The number of nitrogens with zero attached hydrogens (tertiary/aromatic N) is 1. The van der Waals surface area contributed by atoms with Gasteiger partial charge in [0.25, 0.3) is 5.91 Å². The number of Topliss-reactive ketones (excluding diaryl/α,β-unsaturated/α-hetero) is 1. The maximum Gasteiger partial charge on any atom is 0.355 e. The van der Waals surface area contributed by atoms with Gasteiger partial charge < -0.3 is 14.6 Å². The summed E-state index contributed by atoms with van der Waals surface area (Å²) in [5, 5.41) is 0. The molecule has 0 spiro atoms. The molecular weight excluding hydrogens is 356 g/mol. The van der Waals surface area contributed by atoms with Crippen LogP contribution in [0.3, 0.4) is 0 Å². The summed E-state index contributed by atoms with van der Waals surface area (Å²) in [5.41, 5.74) is 1.91. The van der Waals surface area contributed by atoms with Crippen LogP contribution in [-0.2, 0) is 16.0 Å². The minimum absolute atomic E-state index is 0.141. The van der Waals surface area contributed by atoms with Crippen molar-refractivity contribution in [2.75, 3.05) is 13.1 Å². The fraction of sp³-hybridized carbons (Fsp3) is 0.409. The zero-order chi connectivity index (χ0) is 20.1. The van der Waals surface area contributed by atoms with Gasteiger partial charge in [-0.05, 0) is 50.7 Å². The van der Waals surface area contributed by atoms with Crippen molar-refractivity contribution in [3.05, 3.63) is 59.4 Å². The fourth-order valence-electron chi connectivity index (χ4n) is 3.55. The van der Waals surface area contributed by atoms with Gasteiger partial charge in [0.2, 0.25) is 0 Å². The molecule has 1 aromatic carbocycles. The Labute approximate surface area is 164 Å². The summed E-state index contributed by atoms with van der Waals surface area (Å²) in [6.45, 7) is 4.36. The average molecular weight is 382 g/mol. The molecule has 1 amide bonds. The Kier molecular flexibility index (Phi) is 6.29. The summed E-state index contributed by atoms with van der Waals surface area (Å²) >= 11 is 0. The average Bonchev–Trinajstić information content (AvgIpc) is 3.19. The van der Waals surface area contributed by atoms with Gasteiger partial charge in [-0.1, -0.05) is 30.3 Å². The molecule has 2 heterocycles. The van der Waals surface area contributed by atoms with Gasteiger partial charge in [0.1, 0.15) is 5.69 Å². The second-order valence-corrected chi connectivity index (χ2v) is 7.36. The number of ether oxygens (including phenoxy) is 1. The highest BCUT2D eigenvalue weighted by atomic mass is 16.5. The summed E-state index contributed by atoms with van der Waals surface area (Å²) in [6, 6.07) is 11.8. The van der Waals surface area contributed by atoms with Gasteiger partial charge in [-0.3, -0.25) is 9.59 Å². The molecule has 3 rings (SSSR count). The standard InChI is InChI=1S/C22H26N2O4/c1-15(25)19-13-20(23-14-19)22(27)28-16(2)21(26)24-10-8-18(9-11-24)12-17-6-4-3-5-7-17/h3-7,13-14,16,18,23H,8-12H2,1-2H3/t16-/m0/s1. The molecular formula is C22H26N2O4. The van der Waals surface area contributed by atoms with Gasteiger partial charge >= 0.3 is 5.97 Å². The first-order chi connectivity index (χ1) is 13.4. The predicted octanol–water partition coefficient (Wildman–Crippen LogP) is 3.24. The van der Waals surface area contributed by atoms with E-state index in [1.807, 2.05) is 18.2 Å². The van der Waals surface area contributed by atoms with Crippen molar-refractivity contribution in [2.24, 2.45) is 5.92 Å². The highest BCUT2D eigenvalue weighted by Gasteiger charge is 2.28. The highest BCUT2D eigenvalue weighted by molar-refractivity contribution is 5.98. The number of nitrogens with one attached hydrogen (secondary N) is 1. The van der Waals surface area contributed by atoms with E-state index >= 15 is 0 Å². The quantitative estimate of drug-likeness (QED) is 0.614. The lowest BCUT2D eigenvalue weighted by Crippen LogP contribution is -2.44. The second kappa shape index (κ2) is 8.87. The third kappa shape index (κ3) is 4.88. The number of aromatic nitrogens is 1. The molecule has 2 aromatic rings. The Balaban J connectivity index is 1.48. The molecule has 1 N–H and O–H groups in total. The van der Waals surface area contributed by atoms with Crippen molar-refractivity contribution in [1.29, 1.82) is 0 Å². The Morgan fingerprint density at radius 3 is 2.46 bits per heavy atom. The number of aromatic amines is 1. The Bertz CT molecular complexity index is 835. The molecule has 0 radical (unpaired) electrons. The second-order valence-electron chi connectivity index (χ2n) is 7.36. The lowest BCUT2D eigenvalue weighted by atomic mass is 9.90. The van der Waals surface area contributed by atoms with Crippen LogP contribution < -0.4 is 0 Å². The van der Waals surface area contributed by atoms with Gasteiger partial charge in [0.15, 0.2) is 11.9 Å². The van der Waals surface area contributed by atoms with E-state index in [0.29, 0.717) is 24.6 Å². The van der Waals surface area contributed by atoms with Crippen molar-refractivity contribution in [3.8, 4) is 0 Å². The van der Waals surface area contributed by atoms with Crippen molar-refractivity contribution in [1.82, 2.24) is 9.88 Å². The third-order valence-electron chi connectivity index (χ3n) is 5.23. The summed E-state index contributed by atoms with van der Waals surface area (Å²) in [4.78, 5) is 40.6. The minimum Gasteiger partial charge on any atom is -0.448 e. The van der Waals surface area contributed by atoms with Crippen LogP contribution in [0.15, 0.2) is 42.6 Å². The lowest BCUT2D eigenvalue weighted by molar-refractivity contribution is -0.141. The molecule has 1 fully saturated rings. The molecule has 28 heavy (non-hydrogen) atoms. The molecule has 0 saturated carbocycles. The normalized spacial score (nSPS) is 15.9. The Morgan fingerprint density at radius 2 is 1.86 bits per heavy atom. The summed E-state index contributed by atoms with van der Waals surface area (Å²) in [7, 11) is 0. The molecule has 0 bridgehead atoms. The van der Waals surface area contributed by atoms with E-state index in [2.05, 4.69) is 17.1 Å². The van der Waals surface area contributed by atoms with E-state index in [1.54, 1.807) is 11.8 Å². The number of esters is 1. The molecule has 0 unspecified atom stereocenters. The summed E-state index contributed by atoms with van der Waals surface area (Å²) < 4.78 is 5.29. The van der Waals surface area contributed by atoms with Gasteiger partial charge in [-0.25, -0.2) is 4.79 Å². The van der Waals surface area contributed by atoms with Gasteiger partial charge in [0.05, 0.1) is 0 Å². The summed E-state index contributed by atoms with van der Waals surface area (Å²) in [5.74, 6) is -0.386. The number of benzene rings is 1. The number of H-pyrrole nitrogens is 1. The molecule has 1 atom stereocenters. The Morgan fingerprint density at radius 1 is 1.18 bits per heavy atom. The van der Waals surface area contributed by atoms with E-state index in [1.165, 1.54) is 24.8 Å². The number of hydrogen-bond acceptors (Lipinski definition) is 4. The largest absolute Gasteiger partial charge is 0.448 e. The predicted molar refractivity (Wildman–Crippen MR) is 105 cm³/mol. The maximum atomic E-state index is 12.6. The molecule has 148 valence electrons. The van der Waals surface area contributed by atoms with Crippen LogP contribution in [0.25, 0.3) is 0 Å². The third-order valence-corrected chi connectivity index (χ3v) is 5.23. The van der Waals surface area contributed by atoms with E-state index in [-0.39, 0.29) is 17.4 Å². The van der Waals surface area contributed by atoms with Crippen LogP contribution >= 0.6 is 0 Å². The van der Waals surface area contributed by atoms with Crippen molar-refractivity contribution < 1.29 is 19.1 Å². The molecule has 1 saturated heterocycles. The number of likely N-dealkylation sites (tertiary alicyclic amines) is 1. The number of carbonyl (C=O) groups is 3. The van der Waals surface area contributed by atoms with Crippen LogP contribution in [0.2, 0.25) is 0 Å². The van der Waals surface area contributed by atoms with E-state index < -0.39 is 12.1 Å². The van der Waals surface area contributed by atoms with Gasteiger partial charge in [0, 0.05) is 24.8 Å². The lowest BCUT2D eigenvalue weighted by Gasteiger charge is -2.33. The SMILES string of the molecule is CC(=O)c1c[nH]c(C(=O)O[C@@H](C)C(=O)N2CCC(Cc3ccccc3)CC2)c1. The smallest absolute Gasteiger partial charge is 0.355 e. The molecule has 1 aliphatic rings. The molecule has 6 nitrogen and oxygen atoms in total. The minimum atomic E-state index is -0.859. The Hall–Kier alpha value is -2.89. The molecule has 1 aromatic heterocycles. The van der Waals surface area contributed by atoms with Crippen LogP contribution in [0.1, 0.15) is 53.1 Å². The van der Waals surface area contributed by atoms with Gasteiger partial charge in [-0.2, -0.15) is 0 Å². The number of carbonyl (C=O) groups excluding carboxylic acids is 3. The summed E-state index contributed by atoms with van der Waals surface area (Å²) in [6.07, 6.45) is 3.52. The maximum absolute atomic E-state index is 12.6. The van der Waals surface area contributed by atoms with Crippen molar-refractivity contribution in [3.63, 3.8) is 0 Å². The first-order valence-corrected chi connectivity index (χ1v) is 9.67. The van der Waals surface area contributed by atoms with Crippen molar-refractivity contribution in [2.45, 2.75) is 39.2 Å². The van der Waals surface area contributed by atoms with E-state index in [9.17, 15) is 14.4 Å². The zero-order valence-corrected chi connectivity index (χ0v) is 16.3. The van der Waals surface area contributed by atoms with Crippen LogP contribution in [0.5, 0.6) is 0 Å². The van der Waals surface area contributed by atoms with Crippen LogP contribution in [0.4, 0.5) is 0 Å². The number of piperidine rings is 1. The monoisotopic (exact) mass is 382 g/mol. The van der Waals surface area contributed by atoms with Gasteiger partial charge in [-0.15, -0.1) is 0 Å². The van der Waals surface area contributed by atoms with Crippen LogP contribution in [0, 0.1) is 5.92 Å². The van der Waals surface area contributed by atoms with Crippen molar-refractivity contribution >= 4 is 17.7 Å². The number of hydrogen-bond donors (Lipinski definition) is 1. The van der Waals surface area contributed by atoms with E-state index in [4.69, 9.17) is 4.74 Å². The zero-order valence-electron chi connectivity index (χ0n) is 16.3. The first-order valence-electron chi connectivity index (χ1n) is 9.67. The highest BCUT2D eigenvalue weighted by Crippen LogP contribution is 2.22. The number of rotatable bonds is 6. The van der Waals surface area contributed by atoms with Crippen LogP contribution in [-0.4, -0.2) is 46.7 Å². The topological polar surface area (TPSA) is 79.5 Å². The molecule has 0 aliphatic carbocycles. The first kappa shape index (κ1) is 19.9. The van der Waals surface area contributed by atoms with E-state index in [0.717, 1.165) is 19.3 Å². The number of ketones is 1.